The van der Waals surface area contributed by atoms with E-state index in [0.29, 0.717) is 0 Å². The lowest BCUT2D eigenvalue weighted by Crippen LogP contribution is -1.97. The van der Waals surface area contributed by atoms with E-state index in [1.807, 2.05) is 17.4 Å². The first-order chi connectivity index (χ1) is 29.3. The third kappa shape index (κ3) is 3.71. The molecule has 0 radical (unpaired) electrons. The Kier molecular flexibility index (Phi) is 5.52. The molecule has 4 nitrogen and oxygen atoms in total. The Bertz CT molecular complexity index is 4320. The SMILES string of the molecule is c1cc(-c2cccc3c2oc2ccccc23)cc(-n2c3ccccc3c3cc4c5cccc6c5n(c4cc32)c2cccc3c4c5c(ccc4n6c32)sc2ccccc25)c1. The van der Waals surface area contributed by atoms with Gasteiger partial charge in [-0.1, -0.05) is 109 Å². The zero-order valence-corrected chi connectivity index (χ0v) is 32.2. The van der Waals surface area contributed by atoms with E-state index in [4.69, 9.17) is 4.42 Å². The first-order valence-corrected chi connectivity index (χ1v) is 21.0. The summed E-state index contributed by atoms with van der Waals surface area (Å²) in [4.78, 5) is 0. The minimum atomic E-state index is 0.911. The molecule has 0 aliphatic heterocycles. The lowest BCUT2D eigenvalue weighted by atomic mass is 10.0. The van der Waals surface area contributed by atoms with E-state index in [1.165, 1.54) is 96.6 Å². The molecule has 0 bridgehead atoms. The van der Waals surface area contributed by atoms with Gasteiger partial charge in [0, 0.05) is 74.5 Å². The highest BCUT2D eigenvalue weighted by Crippen LogP contribution is 2.47. The smallest absolute Gasteiger partial charge is 0.143 e. The molecule has 9 aromatic carbocycles. The van der Waals surface area contributed by atoms with Crippen LogP contribution < -0.4 is 0 Å². The molecule has 6 aromatic heterocycles. The number of hydrogen-bond donors (Lipinski definition) is 0. The predicted molar refractivity (Wildman–Crippen MR) is 250 cm³/mol. The number of furan rings is 1. The Morgan fingerprint density at radius 3 is 1.97 bits per heavy atom. The van der Waals surface area contributed by atoms with Crippen LogP contribution in [-0.2, 0) is 0 Å². The number of rotatable bonds is 2. The van der Waals surface area contributed by atoms with Gasteiger partial charge in [0.25, 0.3) is 0 Å². The maximum atomic E-state index is 6.52. The summed E-state index contributed by atoms with van der Waals surface area (Å²) in [7, 11) is 0. The van der Waals surface area contributed by atoms with Crippen LogP contribution in [0, 0.1) is 0 Å². The van der Waals surface area contributed by atoms with Gasteiger partial charge in [-0.2, -0.15) is 0 Å². The third-order valence-corrected chi connectivity index (χ3v) is 14.3. The fourth-order valence-electron chi connectivity index (χ4n) is 10.8. The Balaban J connectivity index is 1.06. The average Bonchev–Trinajstić information content (AvgIpc) is 4.09. The van der Waals surface area contributed by atoms with Crippen molar-refractivity contribution in [3.63, 3.8) is 0 Å². The third-order valence-electron chi connectivity index (χ3n) is 13.1. The standard InChI is InChI=1S/C54H29N3OS/c1-4-20-41-33(13-1)39-28-40-35-17-9-21-43-52(35)57(44-22-10-19-38-50-42(56(43)53(38)44)25-26-49-51(50)37-15-3-6-24-48(37)59-49)46(40)29-45(39)55(41)31-12-7-11-30(27-31)32-16-8-18-36-34-14-2-5-23-47(34)58-54(32)36/h1-29H. The summed E-state index contributed by atoms with van der Waals surface area (Å²) in [6.45, 7) is 0. The van der Waals surface area contributed by atoms with Crippen LogP contribution in [0.2, 0.25) is 0 Å². The summed E-state index contributed by atoms with van der Waals surface area (Å²) in [5.74, 6) is 0. The van der Waals surface area contributed by atoms with Crippen LogP contribution in [-0.4, -0.2) is 13.4 Å². The quantitative estimate of drug-likeness (QED) is 0.161. The minimum absolute atomic E-state index is 0.911. The lowest BCUT2D eigenvalue weighted by molar-refractivity contribution is 0.670. The summed E-state index contributed by atoms with van der Waals surface area (Å²) >= 11 is 1.89. The molecule has 59 heavy (non-hydrogen) atoms. The molecule has 15 aromatic rings. The molecule has 0 saturated carbocycles. The van der Waals surface area contributed by atoms with Crippen LogP contribution in [0.5, 0.6) is 0 Å². The van der Waals surface area contributed by atoms with Crippen LogP contribution in [0.1, 0.15) is 0 Å². The maximum absolute atomic E-state index is 6.52. The molecular weight excluding hydrogens is 739 g/mol. The van der Waals surface area contributed by atoms with Crippen LogP contribution in [0.15, 0.2) is 180 Å². The zero-order chi connectivity index (χ0) is 38.1. The van der Waals surface area contributed by atoms with Gasteiger partial charge < -0.3 is 17.8 Å². The van der Waals surface area contributed by atoms with Crippen molar-refractivity contribution in [3.8, 4) is 16.8 Å². The lowest BCUT2D eigenvalue weighted by Gasteiger charge is -2.12. The van der Waals surface area contributed by atoms with Crippen LogP contribution >= 0.6 is 11.3 Å². The Morgan fingerprint density at radius 1 is 0.373 bits per heavy atom. The molecule has 0 unspecified atom stereocenters. The van der Waals surface area contributed by atoms with E-state index >= 15 is 0 Å². The van der Waals surface area contributed by atoms with Gasteiger partial charge in [-0.3, -0.25) is 0 Å². The molecule has 6 heterocycles. The molecular formula is C54H29N3OS. The Labute approximate surface area is 338 Å². The van der Waals surface area contributed by atoms with Crippen molar-refractivity contribution in [3.05, 3.63) is 176 Å². The second-order valence-corrected chi connectivity index (χ2v) is 17.1. The second-order valence-electron chi connectivity index (χ2n) is 16.0. The fraction of sp³-hybridized carbons (Fsp3) is 0. The van der Waals surface area contributed by atoms with Crippen molar-refractivity contribution in [2.24, 2.45) is 0 Å². The number of thiophene rings is 1. The van der Waals surface area contributed by atoms with E-state index in [1.54, 1.807) is 0 Å². The van der Waals surface area contributed by atoms with Crippen molar-refractivity contribution >= 4 is 130 Å². The van der Waals surface area contributed by atoms with E-state index < -0.39 is 0 Å². The predicted octanol–water partition coefficient (Wildman–Crippen LogP) is 15.3. The highest BCUT2D eigenvalue weighted by molar-refractivity contribution is 7.26. The maximum Gasteiger partial charge on any atom is 0.143 e. The zero-order valence-electron chi connectivity index (χ0n) is 31.4. The van der Waals surface area contributed by atoms with Crippen molar-refractivity contribution < 1.29 is 4.42 Å². The number of fused-ring (bicyclic) bond motifs is 18. The van der Waals surface area contributed by atoms with Crippen LogP contribution in [0.3, 0.4) is 0 Å². The fourth-order valence-corrected chi connectivity index (χ4v) is 11.9. The Morgan fingerprint density at radius 2 is 1.05 bits per heavy atom. The Hall–Kier alpha value is -7.60. The molecule has 5 heteroatoms. The monoisotopic (exact) mass is 767 g/mol. The second kappa shape index (κ2) is 10.7. The number of para-hydroxylation sites is 5. The van der Waals surface area contributed by atoms with E-state index in [2.05, 4.69) is 183 Å². The minimum Gasteiger partial charge on any atom is -0.455 e. The number of hydrogen-bond acceptors (Lipinski definition) is 2. The van der Waals surface area contributed by atoms with Crippen LogP contribution in [0.4, 0.5) is 0 Å². The number of benzene rings is 9. The van der Waals surface area contributed by atoms with Gasteiger partial charge in [0.1, 0.15) is 11.2 Å². The van der Waals surface area contributed by atoms with Gasteiger partial charge in [-0.05, 0) is 72.3 Å². The van der Waals surface area contributed by atoms with E-state index in [-0.39, 0.29) is 0 Å². The highest BCUT2D eigenvalue weighted by Gasteiger charge is 2.24. The van der Waals surface area contributed by atoms with Crippen molar-refractivity contribution in [2.45, 2.75) is 0 Å². The molecule has 0 fully saturated rings. The molecule has 15 rings (SSSR count). The summed E-state index contributed by atoms with van der Waals surface area (Å²) in [6.07, 6.45) is 0. The molecule has 0 N–H and O–H groups in total. The molecule has 0 saturated heterocycles. The normalized spacial score (nSPS) is 12.7. The van der Waals surface area contributed by atoms with Crippen molar-refractivity contribution in [2.75, 3.05) is 0 Å². The molecule has 0 atom stereocenters. The van der Waals surface area contributed by atoms with Gasteiger partial charge >= 0.3 is 0 Å². The summed E-state index contributed by atoms with van der Waals surface area (Å²) in [5, 5.41) is 12.6. The molecule has 272 valence electrons. The molecule has 0 amide bonds. The summed E-state index contributed by atoms with van der Waals surface area (Å²) in [5.41, 5.74) is 15.0. The van der Waals surface area contributed by atoms with E-state index in [0.717, 1.165) is 38.8 Å². The topological polar surface area (TPSA) is 26.9 Å². The largest absolute Gasteiger partial charge is 0.455 e. The summed E-state index contributed by atoms with van der Waals surface area (Å²) in [6, 6.07) is 64.8. The van der Waals surface area contributed by atoms with Gasteiger partial charge in [0.2, 0.25) is 0 Å². The van der Waals surface area contributed by atoms with Gasteiger partial charge in [-0.15, -0.1) is 11.3 Å². The number of aromatic nitrogens is 3. The summed E-state index contributed by atoms with van der Waals surface area (Å²) < 4.78 is 16.7. The first-order valence-electron chi connectivity index (χ1n) is 20.2. The number of nitrogens with zero attached hydrogens (tertiary/aromatic N) is 3. The molecule has 0 aliphatic rings. The average molecular weight is 768 g/mol. The van der Waals surface area contributed by atoms with E-state index in [9.17, 15) is 0 Å². The first kappa shape index (κ1) is 30.5. The highest BCUT2D eigenvalue weighted by atomic mass is 32.1. The van der Waals surface area contributed by atoms with Gasteiger partial charge in [0.15, 0.2) is 0 Å². The van der Waals surface area contributed by atoms with Crippen molar-refractivity contribution in [1.29, 1.82) is 0 Å². The van der Waals surface area contributed by atoms with Gasteiger partial charge in [0.05, 0.1) is 44.1 Å². The van der Waals surface area contributed by atoms with Crippen molar-refractivity contribution in [1.82, 2.24) is 13.4 Å². The molecule has 0 spiro atoms. The van der Waals surface area contributed by atoms with Gasteiger partial charge in [-0.25, -0.2) is 0 Å². The van der Waals surface area contributed by atoms with Crippen LogP contribution in [0.25, 0.3) is 135 Å². The molecule has 0 aliphatic carbocycles.